The summed E-state index contributed by atoms with van der Waals surface area (Å²) in [5.74, 6) is -1.38. The summed E-state index contributed by atoms with van der Waals surface area (Å²) in [6.45, 7) is 0.279. The first-order valence-electron chi connectivity index (χ1n) is 12.9. The van der Waals surface area contributed by atoms with Gasteiger partial charge in [0.1, 0.15) is 11.6 Å². The number of hydrogen-bond acceptors (Lipinski definition) is 7. The van der Waals surface area contributed by atoms with Gasteiger partial charge in [0.2, 0.25) is 15.2 Å². The van der Waals surface area contributed by atoms with Gasteiger partial charge in [0.25, 0.3) is 5.91 Å². The number of amides is 1. The Morgan fingerprint density at radius 3 is 2.49 bits per heavy atom. The molecule has 4 aromatic carbocycles. The predicted molar refractivity (Wildman–Crippen MR) is 156 cm³/mol. The molecule has 4 aromatic rings. The normalized spacial score (nSPS) is 13.7. The number of hydrogen-bond donors (Lipinski definition) is 4. The van der Waals surface area contributed by atoms with Gasteiger partial charge in [-0.05, 0) is 72.3 Å². The molecule has 210 valence electrons. The molecule has 5 N–H and O–H groups in total. The Morgan fingerprint density at radius 2 is 1.76 bits per heavy atom. The molecule has 5 rings (SSSR count). The number of nitrogen functional groups attached to an aromatic ring is 1. The lowest BCUT2D eigenvalue weighted by Gasteiger charge is -2.30. The van der Waals surface area contributed by atoms with Gasteiger partial charge in [-0.1, -0.05) is 36.4 Å². The number of aryl methyl sites for hydroxylation is 1. The van der Waals surface area contributed by atoms with Gasteiger partial charge < -0.3 is 25.8 Å². The Bertz CT molecular complexity index is 1750. The highest BCUT2D eigenvalue weighted by atomic mass is 32.2. The van der Waals surface area contributed by atoms with Gasteiger partial charge in [-0.3, -0.25) is 10.2 Å². The van der Waals surface area contributed by atoms with Gasteiger partial charge in [0.05, 0.1) is 4.90 Å². The van der Waals surface area contributed by atoms with E-state index in [0.29, 0.717) is 52.8 Å². The molecule has 0 aromatic heterocycles. The average Bonchev–Trinajstić information content (AvgIpc) is 2.97. The Kier molecular flexibility index (Phi) is 7.62. The van der Waals surface area contributed by atoms with Crippen molar-refractivity contribution in [2.75, 3.05) is 23.4 Å². The van der Waals surface area contributed by atoms with Crippen LogP contribution < -0.4 is 20.7 Å². The molecule has 41 heavy (non-hydrogen) atoms. The Morgan fingerprint density at radius 1 is 1.02 bits per heavy atom. The van der Waals surface area contributed by atoms with Crippen molar-refractivity contribution in [3.8, 4) is 5.75 Å². The molecular formula is C30H28N4O6S. The molecule has 11 heteroatoms. The van der Waals surface area contributed by atoms with Crippen LogP contribution in [0.1, 0.15) is 17.5 Å². The monoisotopic (exact) mass is 572 g/mol. The van der Waals surface area contributed by atoms with Gasteiger partial charge >= 0.3 is 5.97 Å². The maximum atomic E-state index is 13.5. The van der Waals surface area contributed by atoms with Crippen molar-refractivity contribution in [2.24, 2.45) is 5.73 Å². The van der Waals surface area contributed by atoms with E-state index in [1.54, 1.807) is 83.8 Å². The van der Waals surface area contributed by atoms with Crippen molar-refractivity contribution in [1.82, 2.24) is 0 Å². The number of nitrogens with two attached hydrogens (primary N) is 1. The van der Waals surface area contributed by atoms with Crippen molar-refractivity contribution < 1.29 is 27.9 Å². The number of carboxylic acid groups (broad SMARTS) is 1. The zero-order valence-corrected chi connectivity index (χ0v) is 22.7. The highest BCUT2D eigenvalue weighted by Crippen LogP contribution is 2.32. The third-order valence-electron chi connectivity index (χ3n) is 6.92. The standard InChI is InChI=1S/C30H28N4O6S/c31-28(32)20-10-13-23(14-11-20)40-18-27(35)34-16-4-7-21-17-22(12-15-25(21)34)33-29(30(36)37)41(38,39)26-9-3-6-19-5-1-2-8-24(19)26/h1-3,5-6,8-15,17,29,33H,4,7,16,18H2,(H3,31,32)(H,36,37). The van der Waals surface area contributed by atoms with Crippen LogP contribution in [-0.2, 0) is 25.8 Å². The molecule has 1 heterocycles. The topological polar surface area (TPSA) is 163 Å². The van der Waals surface area contributed by atoms with Crippen LogP contribution in [0.2, 0.25) is 0 Å². The molecule has 0 spiro atoms. The number of sulfone groups is 1. The molecule has 1 atom stereocenters. The number of carboxylic acids is 1. The van der Waals surface area contributed by atoms with E-state index in [9.17, 15) is 23.1 Å². The third-order valence-corrected chi connectivity index (χ3v) is 8.82. The third kappa shape index (κ3) is 5.71. The molecule has 0 fully saturated rings. The maximum absolute atomic E-state index is 13.5. The predicted octanol–water partition coefficient (Wildman–Crippen LogP) is 3.78. The smallest absolute Gasteiger partial charge is 0.342 e. The van der Waals surface area contributed by atoms with E-state index in [1.807, 2.05) is 0 Å². The van der Waals surface area contributed by atoms with Crippen molar-refractivity contribution in [2.45, 2.75) is 23.1 Å². The minimum absolute atomic E-state index is 0.0627. The van der Waals surface area contributed by atoms with E-state index in [0.717, 1.165) is 5.56 Å². The second-order valence-electron chi connectivity index (χ2n) is 9.60. The van der Waals surface area contributed by atoms with E-state index in [-0.39, 0.29) is 23.2 Å². The number of fused-ring (bicyclic) bond motifs is 2. The summed E-state index contributed by atoms with van der Waals surface area (Å²) in [6, 6.07) is 23.1. The van der Waals surface area contributed by atoms with E-state index in [2.05, 4.69) is 5.32 Å². The molecule has 1 unspecified atom stereocenters. The zero-order chi connectivity index (χ0) is 29.1. The first kappa shape index (κ1) is 27.7. The largest absolute Gasteiger partial charge is 0.484 e. The number of carbonyl (C=O) groups excluding carboxylic acids is 1. The molecule has 1 aliphatic rings. The maximum Gasteiger partial charge on any atom is 0.342 e. The van der Waals surface area contributed by atoms with Crippen LogP contribution in [0.3, 0.4) is 0 Å². The number of nitrogens with one attached hydrogen (secondary N) is 2. The molecular weight excluding hydrogens is 544 g/mol. The number of amidine groups is 1. The van der Waals surface area contributed by atoms with Crippen molar-refractivity contribution in [3.05, 3.63) is 96.1 Å². The Balaban J connectivity index is 1.34. The Hall–Kier alpha value is -4.90. The first-order chi connectivity index (χ1) is 19.6. The molecule has 10 nitrogen and oxygen atoms in total. The highest BCUT2D eigenvalue weighted by Gasteiger charge is 2.35. The minimum atomic E-state index is -4.32. The molecule has 0 saturated carbocycles. The minimum Gasteiger partial charge on any atom is -0.484 e. The van der Waals surface area contributed by atoms with Crippen LogP contribution in [0, 0.1) is 5.41 Å². The summed E-state index contributed by atoms with van der Waals surface area (Å²) in [6.07, 6.45) is 1.31. The number of anilines is 2. The zero-order valence-electron chi connectivity index (χ0n) is 21.9. The lowest BCUT2D eigenvalue weighted by Crippen LogP contribution is -2.39. The summed E-state index contributed by atoms with van der Waals surface area (Å²) in [4.78, 5) is 26.8. The lowest BCUT2D eigenvalue weighted by atomic mass is 10.0. The van der Waals surface area contributed by atoms with E-state index in [1.165, 1.54) is 6.07 Å². The van der Waals surface area contributed by atoms with Gasteiger partial charge in [0, 0.05) is 28.9 Å². The second-order valence-corrected chi connectivity index (χ2v) is 11.6. The lowest BCUT2D eigenvalue weighted by molar-refractivity contribution is -0.136. The molecule has 0 bridgehead atoms. The van der Waals surface area contributed by atoms with Crippen LogP contribution in [0.15, 0.2) is 89.8 Å². The summed E-state index contributed by atoms with van der Waals surface area (Å²) in [7, 11) is -4.32. The SMILES string of the molecule is N=C(N)c1ccc(OCC(=O)N2CCCc3cc(NC(C(=O)O)S(=O)(=O)c4cccc5ccccc45)ccc32)cc1. The first-order valence-corrected chi connectivity index (χ1v) is 14.4. The summed E-state index contributed by atoms with van der Waals surface area (Å²) >= 11 is 0. The average molecular weight is 573 g/mol. The highest BCUT2D eigenvalue weighted by molar-refractivity contribution is 7.93. The van der Waals surface area contributed by atoms with Crippen molar-refractivity contribution >= 4 is 49.7 Å². The molecule has 0 aliphatic carbocycles. The fraction of sp³-hybridized carbons (Fsp3) is 0.167. The number of benzene rings is 4. The molecule has 1 amide bonds. The molecule has 1 aliphatic heterocycles. The van der Waals surface area contributed by atoms with Crippen LogP contribution in [0.5, 0.6) is 5.75 Å². The van der Waals surface area contributed by atoms with Crippen LogP contribution >= 0.6 is 0 Å². The number of aliphatic carboxylic acids is 1. The summed E-state index contributed by atoms with van der Waals surface area (Å²) in [5, 5.41) is 19.3. The fourth-order valence-corrected chi connectivity index (χ4v) is 6.47. The quantitative estimate of drug-likeness (QED) is 0.174. The van der Waals surface area contributed by atoms with Gasteiger partial charge in [-0.2, -0.15) is 0 Å². The number of nitrogens with zero attached hydrogens (tertiary/aromatic N) is 1. The van der Waals surface area contributed by atoms with Crippen molar-refractivity contribution in [3.63, 3.8) is 0 Å². The number of rotatable bonds is 9. The van der Waals surface area contributed by atoms with E-state index < -0.39 is 21.2 Å². The van der Waals surface area contributed by atoms with Gasteiger partial charge in [-0.15, -0.1) is 0 Å². The van der Waals surface area contributed by atoms with Crippen LogP contribution in [-0.4, -0.2) is 49.8 Å². The summed E-state index contributed by atoms with van der Waals surface area (Å²) in [5.41, 5.74) is 7.77. The van der Waals surface area contributed by atoms with E-state index >= 15 is 0 Å². The molecule has 0 radical (unpaired) electrons. The number of ether oxygens (including phenoxy) is 1. The second kappa shape index (κ2) is 11.3. The molecule has 0 saturated heterocycles. The summed E-state index contributed by atoms with van der Waals surface area (Å²) < 4.78 is 32.7. The van der Waals surface area contributed by atoms with Crippen LogP contribution in [0.4, 0.5) is 11.4 Å². The van der Waals surface area contributed by atoms with Crippen molar-refractivity contribution in [1.29, 1.82) is 5.41 Å². The van der Waals surface area contributed by atoms with E-state index in [4.69, 9.17) is 15.9 Å². The van der Waals surface area contributed by atoms with Gasteiger partial charge in [0.15, 0.2) is 6.61 Å². The fourth-order valence-electron chi connectivity index (χ4n) is 4.89. The number of carbonyl (C=O) groups is 2. The van der Waals surface area contributed by atoms with Crippen LogP contribution in [0.25, 0.3) is 10.8 Å². The van der Waals surface area contributed by atoms with Gasteiger partial charge in [-0.25, -0.2) is 13.2 Å². The Labute approximate surface area is 236 Å².